The molecule has 1 fully saturated rings. The lowest BCUT2D eigenvalue weighted by Gasteiger charge is -2.05. The minimum Gasteiger partial charge on any atom is -0.161 e. The lowest BCUT2D eigenvalue weighted by atomic mass is 10.1. The molecule has 1 aliphatic rings. The summed E-state index contributed by atoms with van der Waals surface area (Å²) >= 11 is 8.63. The number of thioether (sulfide) groups is 4. The Hall–Kier alpha value is 1.40. The quantitative estimate of drug-likeness (QED) is 0.594. The van der Waals surface area contributed by atoms with Gasteiger partial charge in [0.2, 0.25) is 0 Å². The van der Waals surface area contributed by atoms with Crippen LogP contribution in [-0.2, 0) is 0 Å². The first-order valence-corrected chi connectivity index (χ1v) is 11.9. The first kappa shape index (κ1) is 17.5. The molecule has 0 aliphatic carbocycles. The molecule has 1 heterocycles. The molecular weight excluding hydrogens is 296 g/mol. The standard InChI is InChI=1S/C14H28S4/c1-2-4-6-8-16-10-12-18-14-13-17-11-9-15-7-5-3-1/h1-14H2. The van der Waals surface area contributed by atoms with Gasteiger partial charge in [0.1, 0.15) is 0 Å². The van der Waals surface area contributed by atoms with E-state index in [-0.39, 0.29) is 0 Å². The molecule has 0 unspecified atom stereocenters. The monoisotopic (exact) mass is 324 g/mol. The van der Waals surface area contributed by atoms with Crippen LogP contribution in [-0.4, -0.2) is 46.0 Å². The van der Waals surface area contributed by atoms with Crippen LogP contribution in [0.25, 0.3) is 0 Å². The van der Waals surface area contributed by atoms with Crippen molar-refractivity contribution in [3.63, 3.8) is 0 Å². The third-order valence-electron chi connectivity index (χ3n) is 2.94. The highest BCUT2D eigenvalue weighted by Gasteiger charge is 1.96. The van der Waals surface area contributed by atoms with E-state index in [4.69, 9.17) is 0 Å². The van der Waals surface area contributed by atoms with E-state index in [2.05, 4.69) is 47.0 Å². The van der Waals surface area contributed by atoms with Crippen LogP contribution in [0.2, 0.25) is 0 Å². The maximum Gasteiger partial charge on any atom is 0.00238 e. The van der Waals surface area contributed by atoms with Crippen LogP contribution in [0, 0.1) is 0 Å². The third-order valence-corrected chi connectivity index (χ3v) is 7.83. The van der Waals surface area contributed by atoms with Gasteiger partial charge in [0.05, 0.1) is 0 Å². The zero-order valence-electron chi connectivity index (χ0n) is 11.5. The molecule has 0 saturated carbocycles. The van der Waals surface area contributed by atoms with Crippen molar-refractivity contribution in [1.29, 1.82) is 0 Å². The van der Waals surface area contributed by atoms with Crippen molar-refractivity contribution in [3.8, 4) is 0 Å². The van der Waals surface area contributed by atoms with E-state index in [0.29, 0.717) is 0 Å². The van der Waals surface area contributed by atoms with E-state index in [1.165, 1.54) is 84.5 Å². The first-order chi connectivity index (χ1) is 9.00. The van der Waals surface area contributed by atoms with Crippen LogP contribution in [0.4, 0.5) is 0 Å². The van der Waals surface area contributed by atoms with E-state index in [1.807, 2.05) is 0 Å². The van der Waals surface area contributed by atoms with Crippen LogP contribution in [0.1, 0.15) is 38.5 Å². The average molecular weight is 325 g/mol. The Labute approximate surface area is 131 Å². The maximum absolute atomic E-state index is 2.17. The molecule has 0 spiro atoms. The average Bonchev–Trinajstić information content (AvgIpc) is 2.39. The highest BCUT2D eigenvalue weighted by atomic mass is 32.2. The molecule has 0 amide bonds. The SMILES string of the molecule is C1CCCCSCCSCCSCCSCCC1. The van der Waals surface area contributed by atoms with E-state index in [0.717, 1.165) is 0 Å². The van der Waals surface area contributed by atoms with Crippen molar-refractivity contribution in [3.05, 3.63) is 0 Å². The molecule has 0 aromatic carbocycles. The van der Waals surface area contributed by atoms with E-state index < -0.39 is 0 Å². The highest BCUT2D eigenvalue weighted by molar-refractivity contribution is 8.05. The lowest BCUT2D eigenvalue weighted by Crippen LogP contribution is -1.94. The van der Waals surface area contributed by atoms with Crippen molar-refractivity contribution < 1.29 is 0 Å². The van der Waals surface area contributed by atoms with Crippen LogP contribution in [0.3, 0.4) is 0 Å². The van der Waals surface area contributed by atoms with Gasteiger partial charge < -0.3 is 0 Å². The number of rotatable bonds is 0. The summed E-state index contributed by atoms with van der Waals surface area (Å²) in [5.41, 5.74) is 0. The summed E-state index contributed by atoms with van der Waals surface area (Å²) < 4.78 is 0. The van der Waals surface area contributed by atoms with Gasteiger partial charge in [0.25, 0.3) is 0 Å². The predicted octanol–water partition coefficient (Wildman–Crippen LogP) is 5.27. The van der Waals surface area contributed by atoms with Gasteiger partial charge in [0.15, 0.2) is 0 Å². The Kier molecular flexibility index (Phi) is 14.4. The van der Waals surface area contributed by atoms with E-state index in [9.17, 15) is 0 Å². The summed E-state index contributed by atoms with van der Waals surface area (Å²) in [6.45, 7) is 0. The molecule has 108 valence electrons. The van der Waals surface area contributed by atoms with Crippen molar-refractivity contribution in [2.24, 2.45) is 0 Å². The van der Waals surface area contributed by atoms with Crippen molar-refractivity contribution in [1.82, 2.24) is 0 Å². The summed E-state index contributed by atoms with van der Waals surface area (Å²) in [5, 5.41) is 0. The van der Waals surface area contributed by atoms with E-state index in [1.54, 1.807) is 0 Å². The summed E-state index contributed by atoms with van der Waals surface area (Å²) in [7, 11) is 0. The van der Waals surface area contributed by atoms with Gasteiger partial charge in [-0.1, -0.05) is 25.7 Å². The zero-order chi connectivity index (χ0) is 12.7. The molecule has 0 N–H and O–H groups in total. The molecule has 0 bridgehead atoms. The molecule has 0 radical (unpaired) electrons. The molecule has 0 aromatic heterocycles. The third kappa shape index (κ3) is 12.4. The van der Waals surface area contributed by atoms with Gasteiger partial charge in [-0.05, 0) is 24.3 Å². The topological polar surface area (TPSA) is 0 Å². The van der Waals surface area contributed by atoms with Crippen LogP contribution >= 0.6 is 47.0 Å². The highest BCUT2D eigenvalue weighted by Crippen LogP contribution is 2.15. The fraction of sp³-hybridized carbons (Fsp3) is 1.00. The molecular formula is C14H28S4. The number of hydrogen-bond acceptors (Lipinski definition) is 4. The Bertz CT molecular complexity index is 88.8. The van der Waals surface area contributed by atoms with Gasteiger partial charge in [-0.15, -0.1) is 0 Å². The molecule has 4 heteroatoms. The predicted molar refractivity (Wildman–Crippen MR) is 97.0 cm³/mol. The first-order valence-electron chi connectivity index (χ1n) is 7.31. The molecule has 1 saturated heterocycles. The maximum atomic E-state index is 2.17. The number of hydrogen-bond donors (Lipinski definition) is 0. The molecule has 1 rings (SSSR count). The second-order valence-electron chi connectivity index (χ2n) is 4.57. The second kappa shape index (κ2) is 14.8. The summed E-state index contributed by atoms with van der Waals surface area (Å²) in [5.74, 6) is 11.0. The fourth-order valence-electron chi connectivity index (χ4n) is 1.88. The normalized spacial score (nSPS) is 24.0. The Morgan fingerprint density at radius 3 is 0.944 bits per heavy atom. The lowest BCUT2D eigenvalue weighted by molar-refractivity contribution is 0.629. The molecule has 0 aromatic rings. The minimum absolute atomic E-state index is 1.36. The van der Waals surface area contributed by atoms with Crippen molar-refractivity contribution >= 4 is 47.0 Å². The molecule has 0 atom stereocenters. The van der Waals surface area contributed by atoms with Crippen LogP contribution < -0.4 is 0 Å². The summed E-state index contributed by atoms with van der Waals surface area (Å²) in [4.78, 5) is 0. The van der Waals surface area contributed by atoms with Gasteiger partial charge in [-0.3, -0.25) is 0 Å². The summed E-state index contributed by atoms with van der Waals surface area (Å²) in [6, 6.07) is 0. The summed E-state index contributed by atoms with van der Waals surface area (Å²) in [6.07, 6.45) is 8.75. The van der Waals surface area contributed by atoms with Crippen molar-refractivity contribution in [2.45, 2.75) is 38.5 Å². The van der Waals surface area contributed by atoms with Gasteiger partial charge in [-0.25, -0.2) is 0 Å². The molecule has 18 heavy (non-hydrogen) atoms. The van der Waals surface area contributed by atoms with Crippen LogP contribution in [0.15, 0.2) is 0 Å². The Morgan fingerprint density at radius 1 is 0.278 bits per heavy atom. The second-order valence-corrected chi connectivity index (χ2v) is 9.47. The van der Waals surface area contributed by atoms with Crippen LogP contribution in [0.5, 0.6) is 0 Å². The fourth-order valence-corrected chi connectivity index (χ4v) is 6.34. The molecule has 1 aliphatic heterocycles. The smallest absolute Gasteiger partial charge is 0.00238 e. The Balaban J connectivity index is 2.00. The minimum atomic E-state index is 1.36. The van der Waals surface area contributed by atoms with Crippen molar-refractivity contribution in [2.75, 3.05) is 46.0 Å². The Morgan fingerprint density at radius 2 is 0.556 bits per heavy atom. The van der Waals surface area contributed by atoms with Gasteiger partial charge in [0, 0.05) is 34.5 Å². The molecule has 0 nitrogen and oxygen atoms in total. The van der Waals surface area contributed by atoms with Gasteiger partial charge in [-0.2, -0.15) is 47.0 Å². The van der Waals surface area contributed by atoms with Gasteiger partial charge >= 0.3 is 0 Å². The largest absolute Gasteiger partial charge is 0.161 e. The zero-order valence-corrected chi connectivity index (χ0v) is 14.8. The van der Waals surface area contributed by atoms with E-state index >= 15 is 0 Å².